The predicted octanol–water partition coefficient (Wildman–Crippen LogP) is 0.826. The van der Waals surface area contributed by atoms with E-state index in [2.05, 4.69) is 4.74 Å². The van der Waals surface area contributed by atoms with E-state index in [0.29, 0.717) is 6.42 Å². The summed E-state index contributed by atoms with van der Waals surface area (Å²) in [7, 11) is 0. The van der Waals surface area contributed by atoms with Gasteiger partial charge in [0.15, 0.2) is 5.78 Å². The SMILES string of the molecule is CCCC(=O)C(F)C(=O)C(=O)OCC. The van der Waals surface area contributed by atoms with E-state index in [1.54, 1.807) is 6.92 Å². The summed E-state index contributed by atoms with van der Waals surface area (Å²) < 4.78 is 17.2. The van der Waals surface area contributed by atoms with Gasteiger partial charge in [-0.2, -0.15) is 0 Å². The molecule has 80 valence electrons. The first kappa shape index (κ1) is 12.7. The lowest BCUT2D eigenvalue weighted by Crippen LogP contribution is -2.33. The van der Waals surface area contributed by atoms with E-state index in [4.69, 9.17) is 0 Å². The molecule has 0 aliphatic rings. The number of esters is 1. The minimum absolute atomic E-state index is 0.0146. The minimum atomic E-state index is -2.37. The van der Waals surface area contributed by atoms with Crippen LogP contribution in [-0.4, -0.2) is 30.3 Å². The van der Waals surface area contributed by atoms with Crippen molar-refractivity contribution in [2.45, 2.75) is 32.9 Å². The zero-order valence-corrected chi connectivity index (χ0v) is 8.21. The Bertz CT molecular complexity index is 237. The Morgan fingerprint density at radius 2 is 1.86 bits per heavy atom. The van der Waals surface area contributed by atoms with Gasteiger partial charge in [-0.15, -0.1) is 0 Å². The Kier molecular flexibility index (Phi) is 5.67. The number of halogens is 1. The third-order valence-corrected chi connectivity index (χ3v) is 1.49. The van der Waals surface area contributed by atoms with E-state index in [1.807, 2.05) is 0 Å². The molecule has 0 fully saturated rings. The average molecular weight is 204 g/mol. The molecule has 0 aliphatic heterocycles. The van der Waals surface area contributed by atoms with E-state index in [9.17, 15) is 18.8 Å². The van der Waals surface area contributed by atoms with Crippen LogP contribution in [-0.2, 0) is 19.1 Å². The van der Waals surface area contributed by atoms with Crippen LogP contribution in [0.3, 0.4) is 0 Å². The molecular formula is C9H13FO4. The van der Waals surface area contributed by atoms with Crippen LogP contribution in [0.2, 0.25) is 0 Å². The summed E-state index contributed by atoms with van der Waals surface area (Å²) >= 11 is 0. The number of carbonyl (C=O) groups excluding carboxylic acids is 3. The summed E-state index contributed by atoms with van der Waals surface area (Å²) in [5.74, 6) is -3.57. The molecule has 0 rings (SSSR count). The largest absolute Gasteiger partial charge is 0.460 e. The fraction of sp³-hybridized carbons (Fsp3) is 0.667. The third-order valence-electron chi connectivity index (χ3n) is 1.49. The van der Waals surface area contributed by atoms with Crippen molar-refractivity contribution in [1.82, 2.24) is 0 Å². The molecule has 0 aromatic carbocycles. The second-order valence-corrected chi connectivity index (χ2v) is 2.66. The first-order valence-corrected chi connectivity index (χ1v) is 4.42. The highest BCUT2D eigenvalue weighted by Gasteiger charge is 2.31. The van der Waals surface area contributed by atoms with Crippen LogP contribution in [0.25, 0.3) is 0 Å². The topological polar surface area (TPSA) is 60.4 Å². The first-order valence-electron chi connectivity index (χ1n) is 4.42. The van der Waals surface area contributed by atoms with E-state index in [0.717, 1.165) is 0 Å². The molecule has 0 amide bonds. The van der Waals surface area contributed by atoms with Crippen molar-refractivity contribution >= 4 is 17.5 Å². The maximum Gasteiger partial charge on any atom is 0.378 e. The second-order valence-electron chi connectivity index (χ2n) is 2.66. The summed E-state index contributed by atoms with van der Waals surface area (Å²) in [5.41, 5.74) is 0. The molecule has 0 saturated heterocycles. The van der Waals surface area contributed by atoms with Crippen LogP contribution >= 0.6 is 0 Å². The van der Waals surface area contributed by atoms with Gasteiger partial charge in [-0.1, -0.05) is 6.92 Å². The summed E-state index contributed by atoms with van der Waals surface area (Å²) in [6.07, 6.45) is -1.98. The molecular weight excluding hydrogens is 191 g/mol. The maximum atomic E-state index is 13.0. The fourth-order valence-corrected chi connectivity index (χ4v) is 0.825. The Hall–Kier alpha value is -1.26. The zero-order valence-electron chi connectivity index (χ0n) is 8.21. The first-order chi connectivity index (χ1) is 6.54. The van der Waals surface area contributed by atoms with Gasteiger partial charge in [0.05, 0.1) is 6.61 Å². The van der Waals surface area contributed by atoms with E-state index < -0.39 is 23.7 Å². The molecule has 0 heterocycles. The van der Waals surface area contributed by atoms with Crippen molar-refractivity contribution in [2.24, 2.45) is 0 Å². The van der Waals surface area contributed by atoms with E-state index in [-0.39, 0.29) is 13.0 Å². The molecule has 1 atom stereocenters. The van der Waals surface area contributed by atoms with Gasteiger partial charge in [-0.3, -0.25) is 9.59 Å². The highest BCUT2D eigenvalue weighted by molar-refractivity contribution is 6.39. The predicted molar refractivity (Wildman–Crippen MR) is 46.5 cm³/mol. The van der Waals surface area contributed by atoms with E-state index >= 15 is 0 Å². The highest BCUT2D eigenvalue weighted by Crippen LogP contribution is 2.02. The molecule has 1 unspecified atom stereocenters. The molecule has 0 radical (unpaired) electrons. The highest BCUT2D eigenvalue weighted by atomic mass is 19.1. The van der Waals surface area contributed by atoms with Crippen molar-refractivity contribution in [1.29, 1.82) is 0 Å². The van der Waals surface area contributed by atoms with Gasteiger partial charge in [0.1, 0.15) is 0 Å². The van der Waals surface area contributed by atoms with Crippen LogP contribution in [0.1, 0.15) is 26.7 Å². The maximum absolute atomic E-state index is 13.0. The van der Waals surface area contributed by atoms with Crippen molar-refractivity contribution in [2.75, 3.05) is 6.61 Å². The number of rotatable bonds is 6. The van der Waals surface area contributed by atoms with Crippen LogP contribution in [0, 0.1) is 0 Å². The number of hydrogen-bond donors (Lipinski definition) is 0. The van der Waals surface area contributed by atoms with Gasteiger partial charge < -0.3 is 4.74 Å². The summed E-state index contributed by atoms with van der Waals surface area (Å²) in [6.45, 7) is 3.16. The molecule has 0 spiro atoms. The van der Waals surface area contributed by atoms with Crippen molar-refractivity contribution in [3.05, 3.63) is 0 Å². The van der Waals surface area contributed by atoms with Gasteiger partial charge in [-0.05, 0) is 13.3 Å². The summed E-state index contributed by atoms with van der Waals surface area (Å²) in [5, 5.41) is 0. The number of carbonyl (C=O) groups is 3. The molecule has 0 aromatic rings. The van der Waals surface area contributed by atoms with Gasteiger partial charge in [0, 0.05) is 6.42 Å². The Balaban J connectivity index is 4.24. The molecule has 0 aliphatic carbocycles. The summed E-state index contributed by atoms with van der Waals surface area (Å²) in [6, 6.07) is 0. The lowest BCUT2D eigenvalue weighted by Gasteiger charge is -2.04. The van der Waals surface area contributed by atoms with Crippen LogP contribution in [0.5, 0.6) is 0 Å². The van der Waals surface area contributed by atoms with Gasteiger partial charge in [0.25, 0.3) is 5.78 Å². The number of alkyl halides is 1. The molecule has 5 heteroatoms. The smallest absolute Gasteiger partial charge is 0.378 e. The van der Waals surface area contributed by atoms with Crippen molar-refractivity contribution < 1.29 is 23.5 Å². The number of ether oxygens (including phenoxy) is 1. The lowest BCUT2D eigenvalue weighted by atomic mass is 10.1. The lowest BCUT2D eigenvalue weighted by molar-refractivity contribution is -0.157. The number of Topliss-reactive ketones (excluding diaryl/α,β-unsaturated/α-hetero) is 2. The second kappa shape index (κ2) is 6.23. The van der Waals surface area contributed by atoms with Gasteiger partial charge in [0.2, 0.25) is 6.17 Å². The normalized spacial score (nSPS) is 11.9. The molecule has 0 saturated carbocycles. The molecule has 0 N–H and O–H groups in total. The number of ketones is 2. The fourth-order valence-electron chi connectivity index (χ4n) is 0.825. The quantitative estimate of drug-likeness (QED) is 0.365. The van der Waals surface area contributed by atoms with Crippen LogP contribution in [0.15, 0.2) is 0 Å². The van der Waals surface area contributed by atoms with E-state index in [1.165, 1.54) is 6.92 Å². The van der Waals surface area contributed by atoms with Gasteiger partial charge >= 0.3 is 5.97 Å². The average Bonchev–Trinajstić information content (AvgIpc) is 2.16. The third kappa shape index (κ3) is 3.64. The molecule has 0 aromatic heterocycles. The zero-order chi connectivity index (χ0) is 11.1. The summed E-state index contributed by atoms with van der Waals surface area (Å²) in [4.78, 5) is 32.5. The number of hydrogen-bond acceptors (Lipinski definition) is 4. The molecule has 14 heavy (non-hydrogen) atoms. The Morgan fingerprint density at radius 3 is 2.29 bits per heavy atom. The Morgan fingerprint density at radius 1 is 1.29 bits per heavy atom. The van der Waals surface area contributed by atoms with Crippen LogP contribution in [0.4, 0.5) is 4.39 Å². The van der Waals surface area contributed by atoms with Crippen molar-refractivity contribution in [3.8, 4) is 0 Å². The molecule has 4 nitrogen and oxygen atoms in total. The standard InChI is InChI=1S/C9H13FO4/c1-3-5-6(11)7(10)8(12)9(13)14-4-2/h7H,3-5H2,1-2H3. The minimum Gasteiger partial charge on any atom is -0.460 e. The van der Waals surface area contributed by atoms with Crippen LogP contribution < -0.4 is 0 Å². The van der Waals surface area contributed by atoms with Gasteiger partial charge in [-0.25, -0.2) is 9.18 Å². The Labute approximate surface area is 81.4 Å². The molecule has 0 bridgehead atoms. The van der Waals surface area contributed by atoms with Crippen molar-refractivity contribution in [3.63, 3.8) is 0 Å². The monoisotopic (exact) mass is 204 g/mol.